The lowest BCUT2D eigenvalue weighted by Gasteiger charge is -2.12. The Kier molecular flexibility index (Phi) is 3.33. The van der Waals surface area contributed by atoms with E-state index in [-0.39, 0.29) is 5.69 Å². The summed E-state index contributed by atoms with van der Waals surface area (Å²) in [6, 6.07) is 5.65. The molecular weight excluding hydrogens is 251 g/mol. The van der Waals surface area contributed by atoms with Gasteiger partial charge in [-0.1, -0.05) is 19.1 Å². The van der Waals surface area contributed by atoms with E-state index in [1.807, 2.05) is 0 Å². The molecule has 0 radical (unpaired) electrons. The van der Waals surface area contributed by atoms with E-state index in [9.17, 15) is 18.8 Å². The van der Waals surface area contributed by atoms with Crippen LogP contribution in [0.25, 0.3) is 0 Å². The summed E-state index contributed by atoms with van der Waals surface area (Å²) >= 11 is 0. The van der Waals surface area contributed by atoms with Crippen LogP contribution in [0.3, 0.4) is 0 Å². The lowest BCUT2D eigenvalue weighted by atomic mass is 9.96. The van der Waals surface area contributed by atoms with Crippen LogP contribution in [-0.2, 0) is 14.4 Å². The standard InChI is InChI=1S/C13H13FN2O3/c1-7-10(13(19)16(2)12(7)18)11(17)15-9-6-4-3-5-8(9)14/h3-7,10H,1-2H3,(H,15,17). The third-order valence-electron chi connectivity index (χ3n) is 3.23. The Morgan fingerprint density at radius 3 is 2.42 bits per heavy atom. The molecule has 0 saturated carbocycles. The van der Waals surface area contributed by atoms with Crippen LogP contribution in [0.2, 0.25) is 0 Å². The van der Waals surface area contributed by atoms with Crippen LogP contribution in [0.1, 0.15) is 6.92 Å². The van der Waals surface area contributed by atoms with Gasteiger partial charge < -0.3 is 5.32 Å². The first-order valence-corrected chi connectivity index (χ1v) is 5.80. The molecule has 0 aliphatic carbocycles. The van der Waals surface area contributed by atoms with Crippen molar-refractivity contribution in [3.05, 3.63) is 30.1 Å². The number of carbonyl (C=O) groups is 3. The first kappa shape index (κ1) is 13.2. The predicted octanol–water partition coefficient (Wildman–Crippen LogP) is 1.02. The maximum absolute atomic E-state index is 13.4. The highest BCUT2D eigenvalue weighted by molar-refractivity contribution is 6.17. The number of nitrogens with zero attached hydrogens (tertiary/aromatic N) is 1. The highest BCUT2D eigenvalue weighted by Crippen LogP contribution is 2.26. The highest BCUT2D eigenvalue weighted by Gasteiger charge is 2.47. The fourth-order valence-electron chi connectivity index (χ4n) is 2.09. The van der Waals surface area contributed by atoms with Gasteiger partial charge in [0.05, 0.1) is 11.6 Å². The Morgan fingerprint density at radius 2 is 1.89 bits per heavy atom. The Labute approximate surface area is 109 Å². The summed E-state index contributed by atoms with van der Waals surface area (Å²) in [5.41, 5.74) is -0.00509. The highest BCUT2D eigenvalue weighted by atomic mass is 19.1. The van der Waals surface area contributed by atoms with Crippen molar-refractivity contribution in [2.45, 2.75) is 6.92 Å². The Bertz CT molecular complexity index is 559. The summed E-state index contributed by atoms with van der Waals surface area (Å²) < 4.78 is 13.4. The van der Waals surface area contributed by atoms with Crippen LogP contribution in [-0.4, -0.2) is 29.7 Å². The number of amides is 3. The van der Waals surface area contributed by atoms with Crippen molar-refractivity contribution < 1.29 is 18.8 Å². The van der Waals surface area contributed by atoms with Crippen molar-refractivity contribution in [3.63, 3.8) is 0 Å². The second kappa shape index (κ2) is 4.79. The molecule has 1 aromatic carbocycles. The molecule has 1 N–H and O–H groups in total. The summed E-state index contributed by atoms with van der Waals surface area (Å²) in [5.74, 6) is -4.06. The molecule has 1 aliphatic heterocycles. The zero-order chi connectivity index (χ0) is 14.2. The summed E-state index contributed by atoms with van der Waals surface area (Å²) in [6.07, 6.45) is 0. The van der Waals surface area contributed by atoms with E-state index in [0.29, 0.717) is 0 Å². The van der Waals surface area contributed by atoms with Crippen molar-refractivity contribution in [2.24, 2.45) is 11.8 Å². The van der Waals surface area contributed by atoms with Crippen molar-refractivity contribution in [1.29, 1.82) is 0 Å². The van der Waals surface area contributed by atoms with Gasteiger partial charge in [-0.15, -0.1) is 0 Å². The van der Waals surface area contributed by atoms with E-state index < -0.39 is 35.4 Å². The average molecular weight is 264 g/mol. The SMILES string of the molecule is CC1C(=O)N(C)C(=O)C1C(=O)Nc1ccccc1F. The Balaban J connectivity index is 2.20. The largest absolute Gasteiger partial charge is 0.323 e. The maximum atomic E-state index is 13.4. The summed E-state index contributed by atoms with van der Waals surface area (Å²) in [7, 11) is 1.33. The smallest absolute Gasteiger partial charge is 0.242 e. The number of anilines is 1. The first-order valence-electron chi connectivity index (χ1n) is 5.80. The average Bonchev–Trinajstić information content (AvgIpc) is 2.57. The lowest BCUT2D eigenvalue weighted by Crippen LogP contribution is -2.32. The van der Waals surface area contributed by atoms with Gasteiger partial charge in [0, 0.05) is 7.05 Å². The number of hydrogen-bond acceptors (Lipinski definition) is 3. The second-order valence-corrected chi connectivity index (χ2v) is 4.47. The topological polar surface area (TPSA) is 66.5 Å². The van der Waals surface area contributed by atoms with Crippen LogP contribution in [0.15, 0.2) is 24.3 Å². The molecule has 3 amide bonds. The van der Waals surface area contributed by atoms with Gasteiger partial charge >= 0.3 is 0 Å². The number of para-hydroxylation sites is 1. The van der Waals surface area contributed by atoms with E-state index in [4.69, 9.17) is 0 Å². The number of halogens is 1. The molecular formula is C13H13FN2O3. The van der Waals surface area contributed by atoms with Crippen molar-refractivity contribution >= 4 is 23.4 Å². The predicted molar refractivity (Wildman–Crippen MR) is 65.5 cm³/mol. The number of carbonyl (C=O) groups excluding carboxylic acids is 3. The van der Waals surface area contributed by atoms with Crippen molar-refractivity contribution in [1.82, 2.24) is 4.90 Å². The number of hydrogen-bond donors (Lipinski definition) is 1. The van der Waals surface area contributed by atoms with Crippen LogP contribution in [0.5, 0.6) is 0 Å². The molecule has 1 aliphatic rings. The van der Waals surface area contributed by atoms with Crippen LogP contribution >= 0.6 is 0 Å². The van der Waals surface area contributed by atoms with E-state index in [0.717, 1.165) is 4.90 Å². The number of rotatable bonds is 2. The van der Waals surface area contributed by atoms with E-state index >= 15 is 0 Å². The molecule has 0 bridgehead atoms. The minimum Gasteiger partial charge on any atom is -0.323 e. The third-order valence-corrected chi connectivity index (χ3v) is 3.23. The molecule has 100 valence electrons. The number of likely N-dealkylation sites (tertiary alicyclic amines) is 1. The zero-order valence-electron chi connectivity index (χ0n) is 10.5. The molecule has 1 saturated heterocycles. The Hall–Kier alpha value is -2.24. The number of imide groups is 1. The molecule has 2 rings (SSSR count). The molecule has 5 nitrogen and oxygen atoms in total. The van der Waals surface area contributed by atoms with Gasteiger partial charge in [-0.2, -0.15) is 0 Å². The molecule has 2 unspecified atom stereocenters. The molecule has 19 heavy (non-hydrogen) atoms. The van der Waals surface area contributed by atoms with E-state index in [2.05, 4.69) is 5.32 Å². The fraction of sp³-hybridized carbons (Fsp3) is 0.308. The summed E-state index contributed by atoms with van der Waals surface area (Å²) in [4.78, 5) is 36.3. The molecule has 0 spiro atoms. The van der Waals surface area contributed by atoms with Gasteiger partial charge in [0.25, 0.3) is 0 Å². The summed E-state index contributed by atoms with van der Waals surface area (Å²) in [6.45, 7) is 1.51. The van der Waals surface area contributed by atoms with Gasteiger partial charge in [0.2, 0.25) is 17.7 Å². The normalized spacial score (nSPS) is 22.8. The molecule has 2 atom stereocenters. The minimum absolute atomic E-state index is 0.00509. The summed E-state index contributed by atoms with van der Waals surface area (Å²) in [5, 5.41) is 2.34. The van der Waals surface area contributed by atoms with Crippen molar-refractivity contribution in [3.8, 4) is 0 Å². The van der Waals surface area contributed by atoms with E-state index in [1.54, 1.807) is 6.07 Å². The number of benzene rings is 1. The van der Waals surface area contributed by atoms with Gasteiger partial charge in [0.1, 0.15) is 11.7 Å². The maximum Gasteiger partial charge on any atom is 0.242 e. The molecule has 6 heteroatoms. The first-order chi connectivity index (χ1) is 8.93. The Morgan fingerprint density at radius 1 is 1.26 bits per heavy atom. The zero-order valence-corrected chi connectivity index (χ0v) is 10.5. The molecule has 0 aromatic heterocycles. The fourth-order valence-corrected chi connectivity index (χ4v) is 2.09. The third kappa shape index (κ3) is 2.21. The van der Waals surface area contributed by atoms with Gasteiger partial charge in [-0.3, -0.25) is 19.3 Å². The van der Waals surface area contributed by atoms with Gasteiger partial charge in [-0.25, -0.2) is 4.39 Å². The number of nitrogens with one attached hydrogen (secondary N) is 1. The van der Waals surface area contributed by atoms with Gasteiger partial charge in [-0.05, 0) is 12.1 Å². The van der Waals surface area contributed by atoms with Crippen LogP contribution < -0.4 is 5.32 Å². The van der Waals surface area contributed by atoms with Crippen LogP contribution in [0.4, 0.5) is 10.1 Å². The van der Waals surface area contributed by atoms with Crippen LogP contribution in [0, 0.1) is 17.7 Å². The lowest BCUT2D eigenvalue weighted by molar-refractivity contribution is -0.138. The van der Waals surface area contributed by atoms with E-state index in [1.165, 1.54) is 32.2 Å². The van der Waals surface area contributed by atoms with Gasteiger partial charge in [0.15, 0.2) is 0 Å². The minimum atomic E-state index is -1.10. The molecule has 1 fully saturated rings. The molecule has 1 heterocycles. The second-order valence-electron chi connectivity index (χ2n) is 4.47. The quantitative estimate of drug-likeness (QED) is 0.640. The molecule has 1 aromatic rings. The monoisotopic (exact) mass is 264 g/mol. The van der Waals surface area contributed by atoms with Crippen molar-refractivity contribution in [2.75, 3.05) is 12.4 Å².